The van der Waals surface area contributed by atoms with Gasteiger partial charge in [0.05, 0.1) is 6.54 Å². The second kappa shape index (κ2) is 7.07. The summed E-state index contributed by atoms with van der Waals surface area (Å²) in [5, 5.41) is 3.08. The zero-order valence-electron chi connectivity index (χ0n) is 13.3. The molecule has 0 spiro atoms. The predicted molar refractivity (Wildman–Crippen MR) is 82.3 cm³/mol. The predicted octanol–water partition coefficient (Wildman–Crippen LogP) is 1.44. The maximum absolute atomic E-state index is 12.0. The average molecular weight is 279 g/mol. The third-order valence-electron chi connectivity index (χ3n) is 3.09. The lowest BCUT2D eigenvalue weighted by Gasteiger charge is -2.26. The van der Waals surface area contributed by atoms with Gasteiger partial charge in [-0.05, 0) is 20.3 Å². The van der Waals surface area contributed by atoms with Crippen molar-refractivity contribution in [1.29, 1.82) is 0 Å². The first-order valence-corrected chi connectivity index (χ1v) is 6.88. The quantitative estimate of drug-likeness (QED) is 0.854. The second-order valence-electron chi connectivity index (χ2n) is 5.03. The van der Waals surface area contributed by atoms with Gasteiger partial charge in [-0.1, -0.05) is 6.92 Å². The topological polar surface area (TPSA) is 61.4 Å². The number of nitrogens with one attached hydrogen (secondary N) is 1. The highest BCUT2D eigenvalue weighted by atomic mass is 16.2. The number of nitrogens with zero attached hydrogens (tertiary/aromatic N) is 4. The molecule has 20 heavy (non-hydrogen) atoms. The molecule has 6 nitrogen and oxygen atoms in total. The third kappa shape index (κ3) is 3.82. The van der Waals surface area contributed by atoms with Gasteiger partial charge in [-0.2, -0.15) is 0 Å². The van der Waals surface area contributed by atoms with Crippen LogP contribution in [0.25, 0.3) is 0 Å². The molecule has 1 N–H and O–H groups in total. The normalized spacial score (nSPS) is 10.3. The van der Waals surface area contributed by atoms with Gasteiger partial charge >= 0.3 is 0 Å². The molecule has 6 heteroatoms. The summed E-state index contributed by atoms with van der Waals surface area (Å²) in [6.45, 7) is 7.06. The Kier molecular flexibility index (Phi) is 5.73. The maximum Gasteiger partial charge on any atom is 0.241 e. The molecule has 0 saturated heterocycles. The molecular weight excluding hydrogens is 254 g/mol. The number of aromatic nitrogens is 2. The molecule has 1 aromatic heterocycles. The molecule has 0 aromatic carbocycles. The van der Waals surface area contributed by atoms with Crippen LogP contribution in [0.3, 0.4) is 0 Å². The van der Waals surface area contributed by atoms with Gasteiger partial charge in [-0.25, -0.2) is 9.97 Å². The number of carbonyl (C=O) groups is 1. The van der Waals surface area contributed by atoms with Crippen LogP contribution in [0.4, 0.5) is 11.6 Å². The summed E-state index contributed by atoms with van der Waals surface area (Å²) >= 11 is 0. The number of hydrogen-bond donors (Lipinski definition) is 1. The van der Waals surface area contributed by atoms with Crippen LogP contribution in [0, 0.1) is 13.8 Å². The highest BCUT2D eigenvalue weighted by Crippen LogP contribution is 2.23. The van der Waals surface area contributed by atoms with Gasteiger partial charge < -0.3 is 15.1 Å². The zero-order chi connectivity index (χ0) is 15.3. The van der Waals surface area contributed by atoms with Crippen molar-refractivity contribution in [3.63, 3.8) is 0 Å². The van der Waals surface area contributed by atoms with Gasteiger partial charge in [0.1, 0.15) is 17.5 Å². The summed E-state index contributed by atoms with van der Waals surface area (Å²) in [6, 6.07) is 0. The Morgan fingerprint density at radius 1 is 1.25 bits per heavy atom. The van der Waals surface area contributed by atoms with Crippen LogP contribution in [0.2, 0.25) is 0 Å². The highest BCUT2D eigenvalue weighted by molar-refractivity contribution is 5.81. The van der Waals surface area contributed by atoms with Crippen LogP contribution >= 0.6 is 0 Å². The number of anilines is 2. The Balaban J connectivity index is 3.14. The van der Waals surface area contributed by atoms with E-state index < -0.39 is 0 Å². The molecule has 0 unspecified atom stereocenters. The van der Waals surface area contributed by atoms with E-state index in [9.17, 15) is 4.79 Å². The van der Waals surface area contributed by atoms with Crippen molar-refractivity contribution in [3.8, 4) is 0 Å². The Morgan fingerprint density at radius 3 is 2.40 bits per heavy atom. The third-order valence-corrected chi connectivity index (χ3v) is 3.09. The summed E-state index contributed by atoms with van der Waals surface area (Å²) in [4.78, 5) is 24.5. The van der Waals surface area contributed by atoms with E-state index in [1.807, 2.05) is 25.8 Å². The number of aryl methyl sites for hydroxylation is 1. The smallest absolute Gasteiger partial charge is 0.241 e. The Bertz CT molecular complexity index is 473. The van der Waals surface area contributed by atoms with Crippen LogP contribution in [0.1, 0.15) is 24.7 Å². The molecule has 1 aromatic rings. The lowest BCUT2D eigenvalue weighted by Crippen LogP contribution is -2.38. The molecule has 0 aliphatic carbocycles. The van der Waals surface area contributed by atoms with Crippen molar-refractivity contribution in [2.75, 3.05) is 44.4 Å². The van der Waals surface area contributed by atoms with Gasteiger partial charge in [0, 0.05) is 33.3 Å². The van der Waals surface area contributed by atoms with Gasteiger partial charge in [0.2, 0.25) is 5.91 Å². The number of amides is 1. The monoisotopic (exact) mass is 279 g/mol. The van der Waals surface area contributed by atoms with Gasteiger partial charge in [0.15, 0.2) is 0 Å². The number of likely N-dealkylation sites (N-methyl/N-ethyl adjacent to an activating group) is 1. The van der Waals surface area contributed by atoms with E-state index in [0.717, 1.165) is 30.2 Å². The Labute approximate surface area is 121 Å². The van der Waals surface area contributed by atoms with Gasteiger partial charge in [-0.15, -0.1) is 0 Å². The molecule has 0 aliphatic rings. The molecule has 0 aliphatic heterocycles. The van der Waals surface area contributed by atoms with Crippen LogP contribution < -0.4 is 10.2 Å². The first kappa shape index (κ1) is 16.2. The first-order valence-electron chi connectivity index (χ1n) is 6.88. The fraction of sp³-hybridized carbons (Fsp3) is 0.643. The molecule has 0 bridgehead atoms. The van der Waals surface area contributed by atoms with Crippen LogP contribution in [-0.4, -0.2) is 55.0 Å². The van der Waals surface area contributed by atoms with E-state index >= 15 is 0 Å². The lowest BCUT2D eigenvalue weighted by atomic mass is 10.2. The van der Waals surface area contributed by atoms with Crippen molar-refractivity contribution in [2.45, 2.75) is 27.2 Å². The van der Waals surface area contributed by atoms with Crippen molar-refractivity contribution in [3.05, 3.63) is 11.4 Å². The molecule has 1 amide bonds. The van der Waals surface area contributed by atoms with E-state index in [0.29, 0.717) is 12.4 Å². The largest absolute Gasteiger partial charge is 0.373 e. The second-order valence-corrected chi connectivity index (χ2v) is 5.03. The molecule has 1 heterocycles. The maximum atomic E-state index is 12.0. The average Bonchev–Trinajstić information content (AvgIpc) is 2.40. The van der Waals surface area contributed by atoms with Crippen LogP contribution in [-0.2, 0) is 4.79 Å². The van der Waals surface area contributed by atoms with Crippen LogP contribution in [0.5, 0.6) is 0 Å². The summed E-state index contributed by atoms with van der Waals surface area (Å²) in [5.74, 6) is 2.42. The van der Waals surface area contributed by atoms with E-state index in [-0.39, 0.29) is 5.91 Å². The zero-order valence-corrected chi connectivity index (χ0v) is 13.3. The number of hydrogen-bond acceptors (Lipinski definition) is 5. The SMILES string of the molecule is CCCN(CC(=O)N(C)C)c1nc(C)nc(NC)c1C. The van der Waals surface area contributed by atoms with Crippen molar-refractivity contribution in [1.82, 2.24) is 14.9 Å². The minimum Gasteiger partial charge on any atom is -0.373 e. The van der Waals surface area contributed by atoms with Crippen LogP contribution in [0.15, 0.2) is 0 Å². The molecule has 1 rings (SSSR count). The van der Waals surface area contributed by atoms with Crippen molar-refractivity contribution >= 4 is 17.5 Å². The fourth-order valence-corrected chi connectivity index (χ4v) is 2.00. The molecular formula is C14H25N5O. The van der Waals surface area contributed by atoms with E-state index in [1.54, 1.807) is 19.0 Å². The fourth-order valence-electron chi connectivity index (χ4n) is 2.00. The lowest BCUT2D eigenvalue weighted by molar-refractivity contribution is -0.127. The Hall–Kier alpha value is -1.85. The summed E-state index contributed by atoms with van der Waals surface area (Å²) in [6.07, 6.45) is 0.956. The van der Waals surface area contributed by atoms with E-state index in [2.05, 4.69) is 22.2 Å². The van der Waals surface area contributed by atoms with Crippen molar-refractivity contribution in [2.24, 2.45) is 0 Å². The summed E-state index contributed by atoms with van der Waals surface area (Å²) in [5.41, 5.74) is 0.970. The first-order chi connectivity index (χ1) is 9.40. The Morgan fingerprint density at radius 2 is 1.90 bits per heavy atom. The summed E-state index contributed by atoms with van der Waals surface area (Å²) < 4.78 is 0. The standard InChI is InChI=1S/C14H25N5O/c1-7-8-19(9-12(20)18(5)6)14-10(2)13(15-4)16-11(3)17-14/h7-9H2,1-6H3,(H,15,16,17). The highest BCUT2D eigenvalue weighted by Gasteiger charge is 2.18. The van der Waals surface area contributed by atoms with Crippen molar-refractivity contribution < 1.29 is 4.79 Å². The molecule has 0 fully saturated rings. The number of rotatable bonds is 6. The molecule has 112 valence electrons. The molecule has 0 atom stereocenters. The number of carbonyl (C=O) groups excluding carboxylic acids is 1. The molecule has 0 saturated carbocycles. The molecule has 0 radical (unpaired) electrons. The minimum absolute atomic E-state index is 0.0696. The van der Waals surface area contributed by atoms with E-state index in [4.69, 9.17) is 0 Å². The minimum atomic E-state index is 0.0696. The van der Waals surface area contributed by atoms with E-state index in [1.165, 1.54) is 0 Å². The van der Waals surface area contributed by atoms with Gasteiger partial charge in [-0.3, -0.25) is 4.79 Å². The summed E-state index contributed by atoms with van der Waals surface area (Å²) in [7, 11) is 5.38. The van der Waals surface area contributed by atoms with Gasteiger partial charge in [0.25, 0.3) is 0 Å².